The second-order valence-corrected chi connectivity index (χ2v) is 8.30. The monoisotopic (exact) mass is 352 g/mol. The van der Waals surface area contributed by atoms with E-state index in [2.05, 4.69) is 54.0 Å². The van der Waals surface area contributed by atoms with Crippen LogP contribution in [-0.4, -0.2) is 33.8 Å². The lowest BCUT2D eigenvalue weighted by Gasteiger charge is -2.53. The molecule has 3 nitrogen and oxygen atoms in total. The first kappa shape index (κ1) is 17.8. The Morgan fingerprint density at radius 1 is 0.962 bits per heavy atom. The fourth-order valence-corrected chi connectivity index (χ4v) is 5.41. The highest BCUT2D eigenvalue weighted by Crippen LogP contribution is 2.40. The van der Waals surface area contributed by atoms with Crippen molar-refractivity contribution in [3.63, 3.8) is 0 Å². The average molecular weight is 353 g/mol. The number of nitrogens with zero attached hydrogens (tertiary/aromatic N) is 2. The van der Waals surface area contributed by atoms with E-state index in [1.165, 1.54) is 43.4 Å². The fourth-order valence-electron chi connectivity index (χ4n) is 5.41. The SMILES string of the molecule is C[C@@H]1C2=C(CCCC2=O)N(C2CCCCC2)[C@H](C)N1Cc1ccccc1. The molecule has 1 saturated carbocycles. The first-order valence-electron chi connectivity index (χ1n) is 10.5. The largest absolute Gasteiger partial charge is 0.356 e. The molecule has 0 spiro atoms. The Kier molecular flexibility index (Phi) is 5.17. The van der Waals surface area contributed by atoms with Gasteiger partial charge in [-0.1, -0.05) is 49.6 Å². The molecule has 2 atom stereocenters. The van der Waals surface area contributed by atoms with Crippen molar-refractivity contribution in [1.29, 1.82) is 0 Å². The molecule has 0 amide bonds. The minimum absolute atomic E-state index is 0.216. The molecule has 0 N–H and O–H groups in total. The fraction of sp³-hybridized carbons (Fsp3) is 0.609. The van der Waals surface area contributed by atoms with E-state index in [1.54, 1.807) is 0 Å². The van der Waals surface area contributed by atoms with E-state index in [-0.39, 0.29) is 6.04 Å². The summed E-state index contributed by atoms with van der Waals surface area (Å²) >= 11 is 0. The Balaban J connectivity index is 1.70. The second-order valence-electron chi connectivity index (χ2n) is 8.30. The number of ketones is 1. The third-order valence-electron chi connectivity index (χ3n) is 6.71. The van der Waals surface area contributed by atoms with Gasteiger partial charge in [-0.25, -0.2) is 0 Å². The zero-order valence-electron chi connectivity index (χ0n) is 16.3. The normalized spacial score (nSPS) is 28.4. The zero-order chi connectivity index (χ0) is 18.1. The lowest BCUT2D eigenvalue weighted by Crippen LogP contribution is -2.59. The second kappa shape index (κ2) is 7.56. The molecule has 1 fully saturated rings. The third-order valence-corrected chi connectivity index (χ3v) is 6.71. The van der Waals surface area contributed by atoms with Gasteiger partial charge in [-0.3, -0.25) is 9.69 Å². The van der Waals surface area contributed by atoms with Crippen molar-refractivity contribution in [3.05, 3.63) is 47.2 Å². The predicted molar refractivity (Wildman–Crippen MR) is 106 cm³/mol. The highest BCUT2D eigenvalue weighted by Gasteiger charge is 2.42. The van der Waals surface area contributed by atoms with Gasteiger partial charge in [-0.15, -0.1) is 0 Å². The van der Waals surface area contributed by atoms with Gasteiger partial charge in [0.05, 0.1) is 6.17 Å². The number of hydrogen-bond acceptors (Lipinski definition) is 3. The number of allylic oxidation sites excluding steroid dienone is 1. The molecule has 0 radical (unpaired) electrons. The molecule has 1 aliphatic heterocycles. The summed E-state index contributed by atoms with van der Waals surface area (Å²) in [6, 6.07) is 11.5. The molecule has 3 aliphatic rings. The number of carbonyl (C=O) groups is 1. The van der Waals surface area contributed by atoms with Crippen LogP contribution in [0.2, 0.25) is 0 Å². The Labute approximate surface area is 158 Å². The van der Waals surface area contributed by atoms with E-state index in [0.29, 0.717) is 18.0 Å². The Bertz CT molecular complexity index is 675. The number of carbonyl (C=O) groups excluding carboxylic acids is 1. The van der Waals surface area contributed by atoms with Gasteiger partial charge in [0.1, 0.15) is 0 Å². The van der Waals surface area contributed by atoms with E-state index < -0.39 is 0 Å². The smallest absolute Gasteiger partial charge is 0.162 e. The quantitative estimate of drug-likeness (QED) is 0.775. The van der Waals surface area contributed by atoms with Gasteiger partial charge in [0.2, 0.25) is 0 Å². The summed E-state index contributed by atoms with van der Waals surface area (Å²) in [4.78, 5) is 18.1. The van der Waals surface area contributed by atoms with E-state index in [9.17, 15) is 4.79 Å². The summed E-state index contributed by atoms with van der Waals surface area (Å²) in [6.45, 7) is 5.52. The van der Waals surface area contributed by atoms with Gasteiger partial charge in [0, 0.05) is 36.3 Å². The maximum absolute atomic E-state index is 12.9. The third kappa shape index (κ3) is 3.22. The Hall–Kier alpha value is -1.61. The van der Waals surface area contributed by atoms with E-state index in [1.807, 2.05) is 0 Å². The first-order chi connectivity index (χ1) is 12.7. The molecule has 140 valence electrons. The Morgan fingerprint density at radius 3 is 2.42 bits per heavy atom. The van der Waals surface area contributed by atoms with Crippen LogP contribution in [-0.2, 0) is 11.3 Å². The summed E-state index contributed by atoms with van der Waals surface area (Å²) in [5.74, 6) is 0.393. The summed E-state index contributed by atoms with van der Waals surface area (Å²) in [7, 11) is 0. The molecular weight excluding hydrogens is 320 g/mol. The van der Waals surface area contributed by atoms with Crippen molar-refractivity contribution in [3.8, 4) is 0 Å². The number of Topliss-reactive ketones (excluding diaryl/α,β-unsaturated/α-hetero) is 1. The van der Waals surface area contributed by atoms with Gasteiger partial charge < -0.3 is 4.90 Å². The molecule has 1 aromatic rings. The predicted octanol–water partition coefficient (Wildman–Crippen LogP) is 4.88. The molecular formula is C23H32N2O. The molecule has 0 bridgehead atoms. The maximum atomic E-state index is 12.9. The lowest BCUT2D eigenvalue weighted by atomic mass is 9.84. The van der Waals surface area contributed by atoms with Crippen LogP contribution in [0.15, 0.2) is 41.6 Å². The molecule has 4 rings (SSSR count). The van der Waals surface area contributed by atoms with Crippen LogP contribution in [0.1, 0.15) is 70.8 Å². The van der Waals surface area contributed by atoms with Gasteiger partial charge >= 0.3 is 0 Å². The first-order valence-corrected chi connectivity index (χ1v) is 10.5. The molecule has 1 aromatic carbocycles. The number of rotatable bonds is 3. The van der Waals surface area contributed by atoms with Crippen molar-refractivity contribution in [2.24, 2.45) is 0 Å². The molecule has 0 unspecified atom stereocenters. The van der Waals surface area contributed by atoms with Crippen molar-refractivity contribution < 1.29 is 4.79 Å². The number of benzene rings is 1. The standard InChI is InChI=1S/C23H32N2O/c1-17-23-21(14-9-15-22(23)26)25(20-12-7-4-8-13-20)18(2)24(17)16-19-10-5-3-6-11-19/h3,5-6,10-11,17-18,20H,4,7-9,12-16H2,1-2H3/t17-,18-/m1/s1. The van der Waals surface area contributed by atoms with Crippen molar-refractivity contribution in [2.45, 2.75) is 90.0 Å². The summed E-state index contributed by atoms with van der Waals surface area (Å²) < 4.78 is 0. The van der Waals surface area contributed by atoms with E-state index in [0.717, 1.165) is 31.4 Å². The average Bonchev–Trinajstić information content (AvgIpc) is 2.67. The molecule has 0 aromatic heterocycles. The minimum Gasteiger partial charge on any atom is -0.356 e. The van der Waals surface area contributed by atoms with Gasteiger partial charge in [-0.2, -0.15) is 0 Å². The Morgan fingerprint density at radius 2 is 1.69 bits per heavy atom. The molecule has 2 aliphatic carbocycles. The van der Waals surface area contributed by atoms with Gasteiger partial charge in [-0.05, 0) is 45.1 Å². The van der Waals surface area contributed by atoms with E-state index >= 15 is 0 Å². The zero-order valence-corrected chi connectivity index (χ0v) is 16.3. The summed E-state index contributed by atoms with van der Waals surface area (Å²) in [6.07, 6.45) is 9.80. The molecule has 3 heteroatoms. The van der Waals surface area contributed by atoms with Crippen molar-refractivity contribution in [2.75, 3.05) is 0 Å². The van der Waals surface area contributed by atoms with Crippen molar-refractivity contribution >= 4 is 5.78 Å². The van der Waals surface area contributed by atoms with Crippen LogP contribution >= 0.6 is 0 Å². The van der Waals surface area contributed by atoms with Crippen LogP contribution in [0, 0.1) is 0 Å². The molecule has 0 saturated heterocycles. The van der Waals surface area contributed by atoms with Crippen LogP contribution in [0.5, 0.6) is 0 Å². The molecule has 1 heterocycles. The van der Waals surface area contributed by atoms with Gasteiger partial charge in [0.25, 0.3) is 0 Å². The van der Waals surface area contributed by atoms with Crippen LogP contribution in [0.4, 0.5) is 0 Å². The summed E-state index contributed by atoms with van der Waals surface area (Å²) in [5.41, 5.74) is 3.84. The minimum atomic E-state index is 0.216. The lowest BCUT2D eigenvalue weighted by molar-refractivity contribution is -0.118. The topological polar surface area (TPSA) is 23.6 Å². The van der Waals surface area contributed by atoms with Crippen molar-refractivity contribution in [1.82, 2.24) is 9.80 Å². The van der Waals surface area contributed by atoms with Crippen LogP contribution in [0.25, 0.3) is 0 Å². The number of hydrogen-bond donors (Lipinski definition) is 0. The van der Waals surface area contributed by atoms with Crippen LogP contribution < -0.4 is 0 Å². The van der Waals surface area contributed by atoms with Gasteiger partial charge in [0.15, 0.2) is 5.78 Å². The maximum Gasteiger partial charge on any atom is 0.162 e. The molecule has 26 heavy (non-hydrogen) atoms. The van der Waals surface area contributed by atoms with Crippen LogP contribution in [0.3, 0.4) is 0 Å². The van der Waals surface area contributed by atoms with E-state index in [4.69, 9.17) is 0 Å². The summed E-state index contributed by atoms with van der Waals surface area (Å²) in [5, 5.41) is 0. The highest BCUT2D eigenvalue weighted by molar-refractivity contribution is 5.98. The highest BCUT2D eigenvalue weighted by atomic mass is 16.1.